The molecule has 1 aromatic carbocycles. The van der Waals surface area contributed by atoms with E-state index in [1.165, 1.54) is 30.5 Å². The summed E-state index contributed by atoms with van der Waals surface area (Å²) in [7, 11) is 0. The van der Waals surface area contributed by atoms with Gasteiger partial charge in [-0.1, -0.05) is 17.7 Å². The van der Waals surface area contributed by atoms with Gasteiger partial charge in [0.1, 0.15) is 12.4 Å². The number of benzene rings is 1. The second kappa shape index (κ2) is 5.10. The molecule has 2 aromatic rings. The lowest BCUT2D eigenvalue weighted by Crippen LogP contribution is -2.01. The molecule has 0 aliphatic rings. The highest BCUT2D eigenvalue weighted by Crippen LogP contribution is 2.22. The third-order valence-corrected chi connectivity index (χ3v) is 2.51. The molecule has 0 radical (unpaired) electrons. The van der Waals surface area contributed by atoms with E-state index in [-0.39, 0.29) is 22.9 Å². The molecule has 2 nitrogen and oxygen atoms in total. The summed E-state index contributed by atoms with van der Waals surface area (Å²) < 4.78 is 31.6. The molecule has 0 aliphatic heterocycles. The molecule has 5 heteroatoms. The van der Waals surface area contributed by atoms with Gasteiger partial charge in [-0.25, -0.2) is 9.37 Å². The molecule has 0 unspecified atom stereocenters. The van der Waals surface area contributed by atoms with Crippen molar-refractivity contribution in [3.8, 4) is 5.75 Å². The molecule has 0 fully saturated rings. The fraction of sp³-hybridized carbons (Fsp3) is 0.0833. The molecule has 88 valence electrons. The first-order chi connectivity index (χ1) is 8.18. The van der Waals surface area contributed by atoms with E-state index in [2.05, 4.69) is 4.98 Å². The van der Waals surface area contributed by atoms with Crippen molar-refractivity contribution in [2.45, 2.75) is 6.61 Å². The predicted octanol–water partition coefficient (Wildman–Crippen LogP) is 3.59. The normalized spacial score (nSPS) is 10.3. The molecule has 1 aromatic heterocycles. The van der Waals surface area contributed by atoms with Crippen LogP contribution in [0, 0.1) is 11.8 Å². The number of halogens is 3. The zero-order chi connectivity index (χ0) is 12.3. The van der Waals surface area contributed by atoms with E-state index in [1.807, 2.05) is 0 Å². The highest BCUT2D eigenvalue weighted by Gasteiger charge is 2.09. The van der Waals surface area contributed by atoms with Gasteiger partial charge < -0.3 is 4.74 Å². The quantitative estimate of drug-likeness (QED) is 0.782. The van der Waals surface area contributed by atoms with Gasteiger partial charge in [-0.05, 0) is 24.3 Å². The van der Waals surface area contributed by atoms with Crippen LogP contribution in [0.2, 0.25) is 5.02 Å². The molecule has 2 rings (SSSR count). The van der Waals surface area contributed by atoms with Crippen LogP contribution in [0.1, 0.15) is 5.56 Å². The van der Waals surface area contributed by atoms with Crippen molar-refractivity contribution in [3.05, 3.63) is 58.9 Å². The third-order valence-electron chi connectivity index (χ3n) is 2.16. The van der Waals surface area contributed by atoms with Crippen LogP contribution in [0.3, 0.4) is 0 Å². The minimum absolute atomic E-state index is 0.0354. The van der Waals surface area contributed by atoms with Crippen molar-refractivity contribution >= 4 is 11.6 Å². The van der Waals surface area contributed by atoms with Crippen molar-refractivity contribution in [3.63, 3.8) is 0 Å². The van der Waals surface area contributed by atoms with Gasteiger partial charge in [-0.2, -0.15) is 4.39 Å². The Morgan fingerprint density at radius 3 is 2.71 bits per heavy atom. The van der Waals surface area contributed by atoms with E-state index in [4.69, 9.17) is 16.3 Å². The summed E-state index contributed by atoms with van der Waals surface area (Å²) in [6.45, 7) is -0.145. The highest BCUT2D eigenvalue weighted by molar-refractivity contribution is 6.31. The largest absolute Gasteiger partial charge is 0.484 e. The van der Waals surface area contributed by atoms with E-state index in [1.54, 1.807) is 6.07 Å². The van der Waals surface area contributed by atoms with Crippen LogP contribution in [-0.4, -0.2) is 4.98 Å². The molecule has 0 amide bonds. The Morgan fingerprint density at radius 1 is 1.18 bits per heavy atom. The molecular formula is C12H8ClF2NO. The number of pyridine rings is 1. The monoisotopic (exact) mass is 255 g/mol. The SMILES string of the molecule is Fc1cccc(Cl)c1COc1cccnc1F. The van der Waals surface area contributed by atoms with Crippen LogP contribution in [-0.2, 0) is 6.61 Å². The third kappa shape index (κ3) is 2.71. The number of nitrogens with zero attached hydrogens (tertiary/aromatic N) is 1. The Bertz CT molecular complexity index is 513. The molecular weight excluding hydrogens is 248 g/mol. The van der Waals surface area contributed by atoms with Gasteiger partial charge in [0.25, 0.3) is 5.95 Å². The van der Waals surface area contributed by atoms with Crippen LogP contribution in [0.5, 0.6) is 5.75 Å². The van der Waals surface area contributed by atoms with Crippen LogP contribution in [0.4, 0.5) is 8.78 Å². The lowest BCUT2D eigenvalue weighted by molar-refractivity contribution is 0.280. The van der Waals surface area contributed by atoms with Gasteiger partial charge >= 0.3 is 0 Å². The van der Waals surface area contributed by atoms with Gasteiger partial charge in [0.15, 0.2) is 5.75 Å². The molecule has 0 atom stereocenters. The zero-order valence-corrected chi connectivity index (χ0v) is 9.42. The Kier molecular flexibility index (Phi) is 3.54. The average Bonchev–Trinajstić information content (AvgIpc) is 2.30. The Labute approximate surface area is 102 Å². The molecule has 0 bridgehead atoms. The number of rotatable bonds is 3. The second-order valence-electron chi connectivity index (χ2n) is 3.28. The fourth-order valence-electron chi connectivity index (χ4n) is 1.30. The minimum atomic E-state index is -0.736. The van der Waals surface area contributed by atoms with Gasteiger partial charge in [-0.15, -0.1) is 0 Å². The summed E-state index contributed by atoms with van der Waals surface area (Å²) in [6.07, 6.45) is 1.30. The van der Waals surface area contributed by atoms with Crippen molar-refractivity contribution in [2.24, 2.45) is 0 Å². The van der Waals surface area contributed by atoms with Crippen molar-refractivity contribution in [1.82, 2.24) is 4.98 Å². The number of ether oxygens (including phenoxy) is 1. The Balaban J connectivity index is 2.16. The van der Waals surface area contributed by atoms with Crippen molar-refractivity contribution in [1.29, 1.82) is 0 Å². The number of aromatic nitrogens is 1. The van der Waals surface area contributed by atoms with Gasteiger partial charge in [0.2, 0.25) is 0 Å². The van der Waals surface area contributed by atoms with Crippen molar-refractivity contribution in [2.75, 3.05) is 0 Å². The Morgan fingerprint density at radius 2 is 2.00 bits per heavy atom. The molecule has 0 N–H and O–H groups in total. The molecule has 17 heavy (non-hydrogen) atoms. The summed E-state index contributed by atoms with van der Waals surface area (Å²) >= 11 is 5.81. The smallest absolute Gasteiger partial charge is 0.255 e. The fourth-order valence-corrected chi connectivity index (χ4v) is 1.52. The van der Waals surface area contributed by atoms with Crippen LogP contribution < -0.4 is 4.74 Å². The van der Waals surface area contributed by atoms with E-state index in [9.17, 15) is 8.78 Å². The summed E-state index contributed by atoms with van der Waals surface area (Å²) in [6, 6.07) is 7.25. The molecule has 0 saturated carbocycles. The van der Waals surface area contributed by atoms with Crippen LogP contribution in [0.25, 0.3) is 0 Å². The van der Waals surface area contributed by atoms with E-state index in [0.29, 0.717) is 0 Å². The average molecular weight is 256 g/mol. The number of hydrogen-bond donors (Lipinski definition) is 0. The lowest BCUT2D eigenvalue weighted by Gasteiger charge is -2.08. The first kappa shape index (κ1) is 11.8. The first-order valence-electron chi connectivity index (χ1n) is 4.84. The minimum Gasteiger partial charge on any atom is -0.484 e. The summed E-state index contributed by atoms with van der Waals surface area (Å²) in [4.78, 5) is 3.42. The van der Waals surface area contributed by atoms with E-state index < -0.39 is 11.8 Å². The molecule has 0 spiro atoms. The maximum atomic E-state index is 13.4. The number of hydrogen-bond acceptors (Lipinski definition) is 2. The molecule has 0 aliphatic carbocycles. The summed E-state index contributed by atoms with van der Waals surface area (Å²) in [5.74, 6) is -1.26. The zero-order valence-electron chi connectivity index (χ0n) is 8.66. The van der Waals surface area contributed by atoms with Gasteiger partial charge in [-0.3, -0.25) is 0 Å². The maximum absolute atomic E-state index is 13.4. The van der Waals surface area contributed by atoms with E-state index >= 15 is 0 Å². The second-order valence-corrected chi connectivity index (χ2v) is 3.69. The van der Waals surface area contributed by atoms with Gasteiger partial charge in [0.05, 0.1) is 5.02 Å². The first-order valence-corrected chi connectivity index (χ1v) is 5.22. The van der Waals surface area contributed by atoms with E-state index in [0.717, 1.165) is 0 Å². The summed E-state index contributed by atoms with van der Waals surface area (Å²) in [5, 5.41) is 0.245. The van der Waals surface area contributed by atoms with Crippen LogP contribution in [0.15, 0.2) is 36.5 Å². The summed E-state index contributed by atoms with van der Waals surface area (Å²) in [5.41, 5.74) is 0.192. The maximum Gasteiger partial charge on any atom is 0.255 e. The molecule has 1 heterocycles. The van der Waals surface area contributed by atoms with Crippen LogP contribution >= 0.6 is 11.6 Å². The topological polar surface area (TPSA) is 22.1 Å². The van der Waals surface area contributed by atoms with Crippen molar-refractivity contribution < 1.29 is 13.5 Å². The lowest BCUT2D eigenvalue weighted by atomic mass is 10.2. The predicted molar refractivity (Wildman–Crippen MR) is 59.9 cm³/mol. The highest BCUT2D eigenvalue weighted by atomic mass is 35.5. The molecule has 0 saturated heterocycles. The van der Waals surface area contributed by atoms with Gasteiger partial charge in [0, 0.05) is 11.8 Å². The standard InChI is InChI=1S/C12H8ClF2NO/c13-9-3-1-4-10(14)8(9)7-17-11-5-2-6-16-12(11)15/h1-6H,7H2. The Hall–Kier alpha value is -1.68.